The van der Waals surface area contributed by atoms with Gasteiger partial charge in [-0.3, -0.25) is 19.9 Å². The Morgan fingerprint density at radius 2 is 1.75 bits per heavy atom. The van der Waals surface area contributed by atoms with Gasteiger partial charge in [-0.1, -0.05) is 78.7 Å². The molecular weight excluding hydrogens is 873 g/mol. The number of hydrogen-bond acceptors (Lipinski definition) is 11. The Morgan fingerprint density at radius 3 is 2.51 bits per heavy atom. The number of aliphatic hydroxyl groups excluding tert-OH is 2. The number of pyridine rings is 1. The van der Waals surface area contributed by atoms with Crippen LogP contribution in [-0.2, 0) is 27.5 Å². The van der Waals surface area contributed by atoms with Crippen molar-refractivity contribution in [1.82, 2.24) is 9.88 Å². The van der Waals surface area contributed by atoms with Gasteiger partial charge in [0, 0.05) is 61.6 Å². The van der Waals surface area contributed by atoms with Crippen LogP contribution in [0.5, 0.6) is 11.5 Å². The third-order valence-corrected chi connectivity index (χ3v) is 13.7. The molecule has 0 spiro atoms. The Bertz CT molecular complexity index is 2690. The number of carbonyl (C=O) groups is 1. The fourth-order valence-corrected chi connectivity index (χ4v) is 10.6. The Morgan fingerprint density at radius 1 is 0.986 bits per heavy atom. The van der Waals surface area contributed by atoms with Gasteiger partial charge >= 0.3 is 0 Å². The van der Waals surface area contributed by atoms with Crippen molar-refractivity contribution in [2.45, 2.75) is 89.7 Å². The molecule has 69 heavy (non-hydrogen) atoms. The molecule has 1 aromatic heterocycles. The van der Waals surface area contributed by atoms with Gasteiger partial charge < -0.3 is 34.2 Å². The fourth-order valence-electron chi connectivity index (χ4n) is 10.6. The van der Waals surface area contributed by atoms with E-state index in [-0.39, 0.29) is 68.7 Å². The number of aliphatic hydroxyl groups is 2. The molecule has 3 aliphatic rings. The topological polar surface area (TPSA) is 166 Å². The molecule has 1 aliphatic heterocycles. The van der Waals surface area contributed by atoms with E-state index < -0.39 is 22.7 Å². The average Bonchev–Trinajstić information content (AvgIpc) is 3.36. The standard InChI is InChI=1S/C56H62N4O9/c1-4-32-67-56-52(59(36-42-18-13-17-40-15-6-7-20-46(40)42)53(63)29-24-39-22-25-44(26-23-39)60(64)65)35-50(58-68-5-2)48-33-41(16-8-10-30-61)47(21-9-11-31-62)54(55(48)56)49-34-45(27-28-51(49)69-56)66-37-43-19-12-14-38(3)57-43/h4,6-7,12-15,17-20,22-29,33-34,41,47,52,54-55,61-62H,1,5,8-11,16,21,30-32,35-37H2,2-3H3/t41-,47+,52-,54+,55+,56+/m0/s1. The van der Waals surface area contributed by atoms with Gasteiger partial charge in [0.05, 0.1) is 28.9 Å². The van der Waals surface area contributed by atoms with Crippen LogP contribution < -0.4 is 9.47 Å². The molecule has 5 aromatic rings. The number of oxime groups is 1. The van der Waals surface area contributed by atoms with Crippen LogP contribution in [0.3, 0.4) is 0 Å². The molecule has 2 heterocycles. The highest BCUT2D eigenvalue weighted by Crippen LogP contribution is 2.62. The maximum Gasteiger partial charge on any atom is 0.269 e. The number of fused-ring (bicyclic) bond motifs is 3. The molecule has 360 valence electrons. The summed E-state index contributed by atoms with van der Waals surface area (Å²) in [6, 6.07) is 31.2. The van der Waals surface area contributed by atoms with Crippen LogP contribution in [0.15, 0.2) is 139 Å². The van der Waals surface area contributed by atoms with E-state index in [1.54, 1.807) is 24.3 Å². The molecule has 2 N–H and O–H groups in total. The summed E-state index contributed by atoms with van der Waals surface area (Å²) < 4.78 is 21.2. The van der Waals surface area contributed by atoms with Crippen LogP contribution >= 0.6 is 0 Å². The minimum absolute atomic E-state index is 0.0170. The minimum Gasteiger partial charge on any atom is -0.487 e. The van der Waals surface area contributed by atoms with Crippen LogP contribution in [0.25, 0.3) is 16.8 Å². The van der Waals surface area contributed by atoms with Gasteiger partial charge in [-0.2, -0.15) is 0 Å². The van der Waals surface area contributed by atoms with Crippen molar-refractivity contribution >= 4 is 34.2 Å². The summed E-state index contributed by atoms with van der Waals surface area (Å²) in [6.07, 6.45) is 11.9. The first kappa shape index (κ1) is 48.8. The van der Waals surface area contributed by atoms with E-state index >= 15 is 4.79 Å². The van der Waals surface area contributed by atoms with Crippen LogP contribution in [-0.4, -0.2) is 74.9 Å². The first-order chi connectivity index (χ1) is 33.7. The molecule has 0 unspecified atom stereocenters. The number of allylic oxidation sites excluding steroid dienone is 1. The number of ether oxygens (including phenoxy) is 3. The van der Waals surface area contributed by atoms with Gasteiger partial charge in [0.2, 0.25) is 11.7 Å². The van der Waals surface area contributed by atoms with Gasteiger partial charge in [0.1, 0.15) is 30.8 Å². The first-order valence-electron chi connectivity index (χ1n) is 24.1. The van der Waals surface area contributed by atoms with Crippen molar-refractivity contribution in [3.63, 3.8) is 0 Å². The van der Waals surface area contributed by atoms with Crippen molar-refractivity contribution in [3.05, 3.63) is 172 Å². The highest BCUT2D eigenvalue weighted by Gasteiger charge is 2.65. The van der Waals surface area contributed by atoms with E-state index in [0.717, 1.165) is 64.5 Å². The van der Waals surface area contributed by atoms with Crippen molar-refractivity contribution in [3.8, 4) is 11.5 Å². The Labute approximate surface area is 403 Å². The zero-order valence-electron chi connectivity index (χ0n) is 39.5. The van der Waals surface area contributed by atoms with E-state index in [1.807, 2.05) is 73.3 Å². The summed E-state index contributed by atoms with van der Waals surface area (Å²) in [6.45, 7) is 8.96. The molecule has 2 aliphatic carbocycles. The summed E-state index contributed by atoms with van der Waals surface area (Å²) in [7, 11) is 0. The number of amides is 1. The quantitative estimate of drug-likeness (QED) is 0.0224. The summed E-state index contributed by atoms with van der Waals surface area (Å²) in [5.74, 6) is -1.26. The van der Waals surface area contributed by atoms with Gasteiger partial charge in [0.25, 0.3) is 5.69 Å². The molecular formula is C56H62N4O9. The van der Waals surface area contributed by atoms with Gasteiger partial charge in [-0.05, 0) is 127 Å². The lowest BCUT2D eigenvalue weighted by molar-refractivity contribution is -0.384. The van der Waals surface area contributed by atoms with Crippen molar-refractivity contribution in [2.24, 2.45) is 22.9 Å². The number of aryl methyl sites for hydroxylation is 1. The van der Waals surface area contributed by atoms with Gasteiger partial charge in [0.15, 0.2) is 0 Å². The highest BCUT2D eigenvalue weighted by molar-refractivity contribution is 6.03. The van der Waals surface area contributed by atoms with Crippen LogP contribution in [0.1, 0.15) is 85.9 Å². The number of rotatable bonds is 22. The molecule has 0 bridgehead atoms. The minimum atomic E-state index is -1.50. The second-order valence-corrected chi connectivity index (χ2v) is 18.0. The SMILES string of the molecule is C=CCO[C@@]12Oc3ccc(OCc4cccc(C)n4)cc3[C@H]3[C@H](CCCCO)[C@@H](CCCCO)C=C(C(=NOCC)C[C@@H]1N(Cc1cccc4ccccc14)C(=O)C=Cc1ccc([N+](=O)[O-])cc1)[C@H]32. The number of benzene rings is 4. The molecule has 1 fully saturated rings. The van der Waals surface area contributed by atoms with Crippen molar-refractivity contribution < 1.29 is 39.0 Å². The number of carbonyl (C=O) groups excluding carboxylic acids is 1. The molecule has 13 heteroatoms. The largest absolute Gasteiger partial charge is 0.487 e. The highest BCUT2D eigenvalue weighted by atomic mass is 16.7. The summed E-state index contributed by atoms with van der Waals surface area (Å²) in [5, 5.41) is 38.4. The molecule has 8 rings (SSSR count). The van der Waals surface area contributed by atoms with E-state index in [1.165, 1.54) is 18.2 Å². The lowest BCUT2D eigenvalue weighted by atomic mass is 9.55. The Hall–Kier alpha value is -6.67. The monoisotopic (exact) mass is 934 g/mol. The lowest BCUT2D eigenvalue weighted by Gasteiger charge is -2.60. The zero-order valence-corrected chi connectivity index (χ0v) is 39.5. The number of nitrogens with zero attached hydrogens (tertiary/aromatic N) is 4. The predicted octanol–water partition coefficient (Wildman–Crippen LogP) is 10.4. The molecule has 0 radical (unpaired) electrons. The third kappa shape index (κ3) is 10.8. The number of aromatic nitrogens is 1. The fraction of sp³-hybridized carbons (Fsp3) is 0.375. The Balaban J connectivity index is 1.33. The van der Waals surface area contributed by atoms with E-state index in [0.29, 0.717) is 42.2 Å². The summed E-state index contributed by atoms with van der Waals surface area (Å²) in [5.41, 5.74) is 5.76. The first-order valence-corrected chi connectivity index (χ1v) is 24.1. The molecule has 13 nitrogen and oxygen atoms in total. The lowest BCUT2D eigenvalue weighted by Crippen LogP contribution is -2.70. The molecule has 1 amide bonds. The van der Waals surface area contributed by atoms with E-state index in [9.17, 15) is 20.3 Å². The van der Waals surface area contributed by atoms with Gasteiger partial charge in [-0.15, -0.1) is 6.58 Å². The van der Waals surface area contributed by atoms with E-state index in [4.69, 9.17) is 24.2 Å². The zero-order chi connectivity index (χ0) is 48.3. The second kappa shape index (κ2) is 22.6. The maximum atomic E-state index is 15.4. The number of nitro groups is 1. The molecule has 0 saturated heterocycles. The molecule has 4 aromatic carbocycles. The van der Waals surface area contributed by atoms with Crippen LogP contribution in [0.4, 0.5) is 5.69 Å². The number of hydrogen-bond donors (Lipinski definition) is 2. The number of nitro benzene ring substituents is 1. The smallest absolute Gasteiger partial charge is 0.269 e. The van der Waals surface area contributed by atoms with Crippen molar-refractivity contribution in [1.29, 1.82) is 0 Å². The molecule has 6 atom stereocenters. The van der Waals surface area contributed by atoms with Crippen LogP contribution in [0.2, 0.25) is 0 Å². The third-order valence-electron chi connectivity index (χ3n) is 13.7. The summed E-state index contributed by atoms with van der Waals surface area (Å²) >= 11 is 0. The normalized spacial score (nSPS) is 22.1. The van der Waals surface area contributed by atoms with Crippen LogP contribution in [0, 0.1) is 34.8 Å². The van der Waals surface area contributed by atoms with E-state index in [2.05, 4.69) is 41.9 Å². The van der Waals surface area contributed by atoms with Gasteiger partial charge in [-0.25, -0.2) is 0 Å². The van der Waals surface area contributed by atoms with Crippen molar-refractivity contribution in [2.75, 3.05) is 26.4 Å². The molecule has 1 saturated carbocycles. The summed E-state index contributed by atoms with van der Waals surface area (Å²) in [4.78, 5) is 38.9. The predicted molar refractivity (Wildman–Crippen MR) is 267 cm³/mol. The number of unbranched alkanes of at least 4 members (excludes halogenated alkanes) is 2. The Kier molecular flexibility index (Phi) is 16.0. The average molecular weight is 935 g/mol. The maximum absolute atomic E-state index is 15.4. The second-order valence-electron chi connectivity index (χ2n) is 18.0. The number of non-ortho nitro benzene ring substituents is 1.